The van der Waals surface area contributed by atoms with Gasteiger partial charge in [0.15, 0.2) is 0 Å². The van der Waals surface area contributed by atoms with Crippen LogP contribution in [0.4, 0.5) is 10.5 Å². The zero-order valence-electron chi connectivity index (χ0n) is 11.3. The Balaban J connectivity index is 2.52. The van der Waals surface area contributed by atoms with Crippen LogP contribution >= 0.6 is 0 Å². The molecule has 3 N–H and O–H groups in total. The lowest BCUT2D eigenvalue weighted by atomic mass is 10.1. The van der Waals surface area contributed by atoms with E-state index in [1.54, 1.807) is 24.3 Å². The molecule has 0 aliphatic heterocycles. The molecule has 0 saturated heterocycles. The van der Waals surface area contributed by atoms with Crippen LogP contribution in [-0.4, -0.2) is 23.7 Å². The third kappa shape index (κ3) is 5.90. The van der Waals surface area contributed by atoms with Crippen molar-refractivity contribution in [2.45, 2.75) is 26.7 Å². The van der Waals surface area contributed by atoms with Gasteiger partial charge in [0.2, 0.25) is 0 Å². The molecule has 5 heteroatoms. The number of nitrogens with one attached hydrogen (secondary N) is 2. The summed E-state index contributed by atoms with van der Waals surface area (Å²) in [7, 11) is 0. The van der Waals surface area contributed by atoms with Gasteiger partial charge in [0, 0.05) is 12.2 Å². The molecule has 0 aliphatic rings. The molecule has 1 aromatic rings. The monoisotopic (exact) mass is 264 g/mol. The van der Waals surface area contributed by atoms with Crippen molar-refractivity contribution in [3.63, 3.8) is 0 Å². The minimum atomic E-state index is -0.890. The topological polar surface area (TPSA) is 78.4 Å². The summed E-state index contributed by atoms with van der Waals surface area (Å²) in [4.78, 5) is 22.2. The molecule has 0 aromatic heterocycles. The zero-order valence-corrected chi connectivity index (χ0v) is 11.3. The number of amides is 2. The Morgan fingerprint density at radius 3 is 2.74 bits per heavy atom. The van der Waals surface area contributed by atoms with Crippen molar-refractivity contribution in [2.24, 2.45) is 5.92 Å². The van der Waals surface area contributed by atoms with Crippen LogP contribution < -0.4 is 10.6 Å². The van der Waals surface area contributed by atoms with E-state index in [0.29, 0.717) is 23.7 Å². The summed E-state index contributed by atoms with van der Waals surface area (Å²) in [5.41, 5.74) is 1.26. The van der Waals surface area contributed by atoms with Crippen LogP contribution in [0.2, 0.25) is 0 Å². The second-order valence-corrected chi connectivity index (χ2v) is 4.62. The number of aliphatic carboxylic acids is 1. The number of carboxylic acid groups (broad SMARTS) is 1. The first kappa shape index (κ1) is 15.0. The molecule has 104 valence electrons. The van der Waals surface area contributed by atoms with Crippen LogP contribution in [0.15, 0.2) is 24.3 Å². The minimum absolute atomic E-state index is 0.0516. The van der Waals surface area contributed by atoms with Gasteiger partial charge >= 0.3 is 12.0 Å². The Labute approximate surface area is 113 Å². The lowest BCUT2D eigenvalue weighted by Crippen LogP contribution is -2.32. The lowest BCUT2D eigenvalue weighted by molar-refractivity contribution is -0.136. The van der Waals surface area contributed by atoms with E-state index in [0.717, 1.165) is 6.42 Å². The van der Waals surface area contributed by atoms with E-state index in [1.165, 1.54) is 0 Å². The Morgan fingerprint density at radius 1 is 1.37 bits per heavy atom. The summed E-state index contributed by atoms with van der Waals surface area (Å²) < 4.78 is 0. The fourth-order valence-electron chi connectivity index (χ4n) is 1.52. The SMILES string of the molecule is CCC(C)CNC(=O)Nc1cccc(CC(=O)O)c1. The van der Waals surface area contributed by atoms with Gasteiger partial charge in [0.25, 0.3) is 0 Å². The van der Waals surface area contributed by atoms with Crippen LogP contribution in [0.1, 0.15) is 25.8 Å². The maximum atomic E-state index is 11.6. The van der Waals surface area contributed by atoms with E-state index in [1.807, 2.05) is 0 Å². The highest BCUT2D eigenvalue weighted by Crippen LogP contribution is 2.11. The number of carbonyl (C=O) groups excluding carboxylic acids is 1. The number of rotatable bonds is 6. The zero-order chi connectivity index (χ0) is 14.3. The third-order valence-electron chi connectivity index (χ3n) is 2.85. The number of hydrogen-bond acceptors (Lipinski definition) is 2. The van der Waals surface area contributed by atoms with Crippen molar-refractivity contribution in [3.05, 3.63) is 29.8 Å². The quantitative estimate of drug-likeness (QED) is 0.738. The molecule has 0 aliphatic carbocycles. The van der Waals surface area contributed by atoms with Crippen molar-refractivity contribution in [3.8, 4) is 0 Å². The largest absolute Gasteiger partial charge is 0.481 e. The first-order chi connectivity index (χ1) is 9.01. The fraction of sp³-hybridized carbons (Fsp3) is 0.429. The first-order valence-electron chi connectivity index (χ1n) is 6.36. The standard InChI is InChI=1S/C14H20N2O3/c1-3-10(2)9-15-14(19)16-12-6-4-5-11(7-12)8-13(17)18/h4-7,10H,3,8-9H2,1-2H3,(H,17,18)(H2,15,16,19). The van der Waals surface area contributed by atoms with Crippen LogP contribution in [0.25, 0.3) is 0 Å². The molecule has 0 bridgehead atoms. The van der Waals surface area contributed by atoms with E-state index in [4.69, 9.17) is 5.11 Å². The van der Waals surface area contributed by atoms with Crippen molar-refractivity contribution >= 4 is 17.7 Å². The molecule has 1 rings (SSSR count). The maximum Gasteiger partial charge on any atom is 0.319 e. The molecule has 5 nitrogen and oxygen atoms in total. The lowest BCUT2D eigenvalue weighted by Gasteiger charge is -2.11. The molecule has 19 heavy (non-hydrogen) atoms. The highest BCUT2D eigenvalue weighted by molar-refractivity contribution is 5.89. The Bertz CT molecular complexity index is 446. The van der Waals surface area contributed by atoms with E-state index in [9.17, 15) is 9.59 Å². The van der Waals surface area contributed by atoms with Crippen LogP contribution in [-0.2, 0) is 11.2 Å². The molecule has 0 heterocycles. The molecule has 0 saturated carbocycles. The number of hydrogen-bond donors (Lipinski definition) is 3. The molecule has 0 radical (unpaired) electrons. The van der Waals surface area contributed by atoms with Crippen molar-refractivity contribution in [1.82, 2.24) is 5.32 Å². The summed E-state index contributed by atoms with van der Waals surface area (Å²) in [6.07, 6.45) is 0.957. The van der Waals surface area contributed by atoms with E-state index >= 15 is 0 Å². The predicted octanol–water partition coefficient (Wildman–Crippen LogP) is 2.48. The Kier molecular flexibility index (Phi) is 5.85. The molecular formula is C14H20N2O3. The normalized spacial score (nSPS) is 11.7. The highest BCUT2D eigenvalue weighted by atomic mass is 16.4. The molecule has 1 aromatic carbocycles. The van der Waals surface area contributed by atoms with E-state index in [-0.39, 0.29) is 12.5 Å². The average molecular weight is 264 g/mol. The average Bonchev–Trinajstić information content (AvgIpc) is 2.35. The summed E-state index contributed by atoms with van der Waals surface area (Å²) in [5.74, 6) is -0.456. The molecule has 1 atom stereocenters. The molecule has 0 spiro atoms. The van der Waals surface area contributed by atoms with Gasteiger partial charge in [0.1, 0.15) is 0 Å². The second kappa shape index (κ2) is 7.41. The predicted molar refractivity (Wildman–Crippen MR) is 74.3 cm³/mol. The van der Waals surface area contributed by atoms with Crippen LogP contribution in [0, 0.1) is 5.92 Å². The Morgan fingerprint density at radius 2 is 2.11 bits per heavy atom. The molecule has 0 fully saturated rings. The van der Waals surface area contributed by atoms with Gasteiger partial charge in [-0.25, -0.2) is 4.79 Å². The van der Waals surface area contributed by atoms with Gasteiger partial charge in [0.05, 0.1) is 6.42 Å². The molecule has 1 unspecified atom stereocenters. The second-order valence-electron chi connectivity index (χ2n) is 4.62. The minimum Gasteiger partial charge on any atom is -0.481 e. The maximum absolute atomic E-state index is 11.6. The number of carbonyl (C=O) groups is 2. The van der Waals surface area contributed by atoms with Gasteiger partial charge in [-0.15, -0.1) is 0 Å². The molecular weight excluding hydrogens is 244 g/mol. The Hall–Kier alpha value is -2.04. The summed E-state index contributed by atoms with van der Waals surface area (Å²) in [5, 5.41) is 14.2. The van der Waals surface area contributed by atoms with Crippen molar-refractivity contribution in [1.29, 1.82) is 0 Å². The molecule has 2 amide bonds. The summed E-state index contributed by atoms with van der Waals surface area (Å²) in [6.45, 7) is 4.75. The van der Waals surface area contributed by atoms with Crippen molar-refractivity contribution < 1.29 is 14.7 Å². The van der Waals surface area contributed by atoms with Crippen LogP contribution in [0.3, 0.4) is 0 Å². The number of urea groups is 1. The number of benzene rings is 1. The van der Waals surface area contributed by atoms with Gasteiger partial charge in [-0.2, -0.15) is 0 Å². The van der Waals surface area contributed by atoms with E-state index < -0.39 is 5.97 Å². The summed E-state index contributed by atoms with van der Waals surface area (Å²) in [6, 6.07) is 6.57. The summed E-state index contributed by atoms with van der Waals surface area (Å²) >= 11 is 0. The number of anilines is 1. The fourth-order valence-corrected chi connectivity index (χ4v) is 1.52. The van der Waals surface area contributed by atoms with Crippen LogP contribution in [0.5, 0.6) is 0 Å². The van der Waals surface area contributed by atoms with Gasteiger partial charge in [-0.3, -0.25) is 4.79 Å². The van der Waals surface area contributed by atoms with E-state index in [2.05, 4.69) is 24.5 Å². The smallest absolute Gasteiger partial charge is 0.319 e. The number of carboxylic acids is 1. The third-order valence-corrected chi connectivity index (χ3v) is 2.85. The van der Waals surface area contributed by atoms with Crippen molar-refractivity contribution in [2.75, 3.05) is 11.9 Å². The first-order valence-corrected chi connectivity index (χ1v) is 6.36. The highest BCUT2D eigenvalue weighted by Gasteiger charge is 2.05. The van der Waals surface area contributed by atoms with Gasteiger partial charge in [-0.05, 0) is 23.6 Å². The van der Waals surface area contributed by atoms with Gasteiger partial charge < -0.3 is 15.7 Å². The van der Waals surface area contributed by atoms with Gasteiger partial charge in [-0.1, -0.05) is 32.4 Å².